The lowest BCUT2D eigenvalue weighted by atomic mass is 9.96. The van der Waals surface area contributed by atoms with Gasteiger partial charge in [0.2, 0.25) is 0 Å². The van der Waals surface area contributed by atoms with E-state index in [-0.39, 0.29) is 11.6 Å². The minimum atomic E-state index is 0.153. The maximum atomic E-state index is 12.2. The molecule has 2 fully saturated rings. The average molecular weight is 267 g/mol. The van der Waals surface area contributed by atoms with Crippen molar-refractivity contribution in [1.82, 2.24) is 15.1 Å². The topological polar surface area (TPSA) is 35.6 Å². The molecule has 1 N–H and O–H groups in total. The quantitative estimate of drug-likeness (QED) is 0.792. The first-order chi connectivity index (χ1) is 8.97. The van der Waals surface area contributed by atoms with Crippen LogP contribution in [-0.4, -0.2) is 53.6 Å². The van der Waals surface area contributed by atoms with Gasteiger partial charge in [0, 0.05) is 37.8 Å². The molecule has 0 spiro atoms. The highest BCUT2D eigenvalue weighted by Gasteiger charge is 2.28. The molecule has 0 aromatic rings. The van der Waals surface area contributed by atoms with Crippen molar-refractivity contribution < 1.29 is 4.79 Å². The molecular formula is C15H29N3O. The van der Waals surface area contributed by atoms with Crippen LogP contribution in [0.25, 0.3) is 0 Å². The lowest BCUT2D eigenvalue weighted by Crippen LogP contribution is -2.57. The van der Waals surface area contributed by atoms with Crippen LogP contribution in [0.4, 0.5) is 4.79 Å². The fraction of sp³-hybridized carbons (Fsp3) is 0.933. The summed E-state index contributed by atoms with van der Waals surface area (Å²) in [5.74, 6) is 0. The number of nitrogens with zero attached hydrogens (tertiary/aromatic N) is 2. The molecule has 2 aliphatic rings. The average Bonchev–Trinajstić information content (AvgIpc) is 2.39. The summed E-state index contributed by atoms with van der Waals surface area (Å²) in [4.78, 5) is 16.7. The maximum absolute atomic E-state index is 12.2. The number of urea groups is 1. The van der Waals surface area contributed by atoms with Crippen molar-refractivity contribution in [3.05, 3.63) is 0 Å². The molecule has 0 bridgehead atoms. The van der Waals surface area contributed by atoms with Crippen LogP contribution in [0, 0.1) is 0 Å². The zero-order chi connectivity index (χ0) is 13.9. The predicted octanol–water partition coefficient (Wildman–Crippen LogP) is 2.44. The Morgan fingerprint density at radius 3 is 2.11 bits per heavy atom. The molecule has 1 aliphatic heterocycles. The minimum Gasteiger partial charge on any atom is -0.335 e. The Bertz CT molecular complexity index is 297. The van der Waals surface area contributed by atoms with Crippen molar-refractivity contribution >= 4 is 6.03 Å². The molecule has 1 aliphatic carbocycles. The van der Waals surface area contributed by atoms with Gasteiger partial charge in [0.05, 0.1) is 0 Å². The third-order valence-electron chi connectivity index (χ3n) is 4.45. The summed E-state index contributed by atoms with van der Waals surface area (Å²) in [6.07, 6.45) is 6.18. The van der Waals surface area contributed by atoms with Crippen LogP contribution in [-0.2, 0) is 0 Å². The Labute approximate surface area is 117 Å². The van der Waals surface area contributed by atoms with Gasteiger partial charge in [0.25, 0.3) is 0 Å². The monoisotopic (exact) mass is 267 g/mol. The highest BCUT2D eigenvalue weighted by Crippen LogP contribution is 2.19. The van der Waals surface area contributed by atoms with Gasteiger partial charge in [0.1, 0.15) is 0 Å². The van der Waals surface area contributed by atoms with Crippen LogP contribution >= 0.6 is 0 Å². The van der Waals surface area contributed by atoms with E-state index in [2.05, 4.69) is 31.0 Å². The van der Waals surface area contributed by atoms with Crippen LogP contribution in [0.2, 0.25) is 0 Å². The van der Waals surface area contributed by atoms with Gasteiger partial charge < -0.3 is 10.2 Å². The van der Waals surface area contributed by atoms with Crippen LogP contribution < -0.4 is 5.32 Å². The van der Waals surface area contributed by atoms with Crippen molar-refractivity contribution in [3.8, 4) is 0 Å². The van der Waals surface area contributed by atoms with E-state index in [9.17, 15) is 4.79 Å². The standard InChI is InChI=1S/C15H29N3O/c1-15(2,3)18-11-9-17(10-12-18)14(19)16-13-7-5-4-6-8-13/h13H,4-12H2,1-3H3,(H,16,19). The molecule has 4 heteroatoms. The van der Waals surface area contributed by atoms with E-state index in [0.717, 1.165) is 39.0 Å². The van der Waals surface area contributed by atoms with Crippen LogP contribution in [0.3, 0.4) is 0 Å². The Hall–Kier alpha value is -0.770. The molecular weight excluding hydrogens is 238 g/mol. The molecule has 110 valence electrons. The molecule has 19 heavy (non-hydrogen) atoms. The van der Waals surface area contributed by atoms with Gasteiger partial charge in [-0.1, -0.05) is 19.3 Å². The number of carbonyl (C=O) groups is 1. The summed E-state index contributed by atoms with van der Waals surface area (Å²) >= 11 is 0. The van der Waals surface area contributed by atoms with Gasteiger partial charge in [-0.2, -0.15) is 0 Å². The smallest absolute Gasteiger partial charge is 0.317 e. The summed E-state index contributed by atoms with van der Waals surface area (Å²) < 4.78 is 0. The SMILES string of the molecule is CC(C)(C)N1CCN(C(=O)NC2CCCCC2)CC1. The minimum absolute atomic E-state index is 0.153. The Balaban J connectivity index is 1.76. The van der Waals surface area contributed by atoms with E-state index in [0.29, 0.717) is 6.04 Å². The molecule has 0 aromatic heterocycles. The van der Waals surface area contributed by atoms with Gasteiger partial charge in [-0.15, -0.1) is 0 Å². The largest absolute Gasteiger partial charge is 0.335 e. The molecule has 0 unspecified atom stereocenters. The summed E-state index contributed by atoms with van der Waals surface area (Å²) in [6, 6.07) is 0.572. The zero-order valence-corrected chi connectivity index (χ0v) is 12.7. The maximum Gasteiger partial charge on any atom is 0.317 e. The summed E-state index contributed by atoms with van der Waals surface area (Å²) in [7, 11) is 0. The van der Waals surface area contributed by atoms with Crippen molar-refractivity contribution in [1.29, 1.82) is 0 Å². The number of rotatable bonds is 1. The van der Waals surface area contributed by atoms with Crippen molar-refractivity contribution in [2.45, 2.75) is 64.5 Å². The van der Waals surface area contributed by atoms with E-state index >= 15 is 0 Å². The fourth-order valence-corrected chi connectivity index (χ4v) is 3.09. The summed E-state index contributed by atoms with van der Waals surface area (Å²) in [5, 5.41) is 3.21. The molecule has 2 amide bonds. The Morgan fingerprint density at radius 1 is 1.00 bits per heavy atom. The van der Waals surface area contributed by atoms with Gasteiger partial charge in [0.15, 0.2) is 0 Å². The summed E-state index contributed by atoms with van der Waals surface area (Å²) in [5.41, 5.74) is 0.214. The molecule has 0 radical (unpaired) electrons. The van der Waals surface area contributed by atoms with Crippen molar-refractivity contribution in [3.63, 3.8) is 0 Å². The van der Waals surface area contributed by atoms with Crippen LogP contribution in [0.5, 0.6) is 0 Å². The van der Waals surface area contributed by atoms with E-state index < -0.39 is 0 Å². The number of carbonyl (C=O) groups excluding carboxylic acids is 1. The number of amides is 2. The molecule has 4 nitrogen and oxygen atoms in total. The number of piperazine rings is 1. The van der Waals surface area contributed by atoms with E-state index in [1.807, 2.05) is 4.90 Å². The van der Waals surface area contributed by atoms with Gasteiger partial charge >= 0.3 is 6.03 Å². The van der Waals surface area contributed by atoms with Crippen LogP contribution in [0.1, 0.15) is 52.9 Å². The second kappa shape index (κ2) is 6.12. The zero-order valence-electron chi connectivity index (χ0n) is 12.7. The number of hydrogen-bond donors (Lipinski definition) is 1. The first kappa shape index (κ1) is 14.6. The molecule has 1 saturated heterocycles. The molecule has 0 atom stereocenters. The highest BCUT2D eigenvalue weighted by molar-refractivity contribution is 5.74. The van der Waals surface area contributed by atoms with E-state index in [1.165, 1.54) is 19.3 Å². The van der Waals surface area contributed by atoms with Crippen molar-refractivity contribution in [2.24, 2.45) is 0 Å². The second-order valence-corrected chi connectivity index (χ2v) is 6.93. The summed E-state index contributed by atoms with van der Waals surface area (Å²) in [6.45, 7) is 10.4. The normalized spacial score (nSPS) is 23.4. The fourth-order valence-electron chi connectivity index (χ4n) is 3.09. The first-order valence-electron chi connectivity index (χ1n) is 7.77. The Kier molecular flexibility index (Phi) is 4.71. The molecule has 0 aromatic carbocycles. The first-order valence-corrected chi connectivity index (χ1v) is 7.77. The molecule has 1 saturated carbocycles. The van der Waals surface area contributed by atoms with Crippen molar-refractivity contribution in [2.75, 3.05) is 26.2 Å². The molecule has 2 rings (SSSR count). The van der Waals surface area contributed by atoms with Gasteiger partial charge in [-0.3, -0.25) is 4.90 Å². The van der Waals surface area contributed by atoms with Crippen LogP contribution in [0.15, 0.2) is 0 Å². The molecule has 1 heterocycles. The lowest BCUT2D eigenvalue weighted by molar-refractivity contribution is 0.0732. The number of hydrogen-bond acceptors (Lipinski definition) is 2. The number of nitrogens with one attached hydrogen (secondary N) is 1. The van der Waals surface area contributed by atoms with E-state index in [4.69, 9.17) is 0 Å². The van der Waals surface area contributed by atoms with E-state index in [1.54, 1.807) is 0 Å². The van der Waals surface area contributed by atoms with Gasteiger partial charge in [-0.05, 0) is 33.6 Å². The predicted molar refractivity (Wildman–Crippen MR) is 78.3 cm³/mol. The highest BCUT2D eigenvalue weighted by atomic mass is 16.2. The third-order valence-corrected chi connectivity index (χ3v) is 4.45. The second-order valence-electron chi connectivity index (χ2n) is 6.93. The lowest BCUT2D eigenvalue weighted by Gasteiger charge is -2.42. The van der Waals surface area contributed by atoms with Gasteiger partial charge in [-0.25, -0.2) is 4.79 Å². The Morgan fingerprint density at radius 2 is 1.58 bits per heavy atom. The third kappa shape index (κ3) is 4.10.